The molecule has 6 nitrogen and oxygen atoms in total. The predicted molar refractivity (Wildman–Crippen MR) is 83.3 cm³/mol. The lowest BCUT2D eigenvalue weighted by Gasteiger charge is -2.36. The molecular weight excluding hydrogens is 375 g/mol. The molecule has 11 heteroatoms. The molecule has 1 aliphatic rings. The molecule has 2 N–H and O–H groups in total. The number of benzene rings is 1. The Labute approximate surface area is 149 Å². The Balaban J connectivity index is 2.02. The Bertz CT molecular complexity index is 846. The lowest BCUT2D eigenvalue weighted by molar-refractivity contribution is -0.209. The number of aromatic nitrogens is 2. The van der Waals surface area contributed by atoms with Crippen LogP contribution in [0.15, 0.2) is 41.7 Å². The maximum atomic E-state index is 14.4. The number of halogens is 5. The molecule has 0 amide bonds. The summed E-state index contributed by atoms with van der Waals surface area (Å²) in [6.07, 6.45) is -5.44. The van der Waals surface area contributed by atoms with Crippen molar-refractivity contribution in [2.24, 2.45) is 10.7 Å². The van der Waals surface area contributed by atoms with Gasteiger partial charge in [-0.2, -0.15) is 13.2 Å². The van der Waals surface area contributed by atoms with Crippen molar-refractivity contribution < 1.29 is 31.4 Å². The van der Waals surface area contributed by atoms with Crippen LogP contribution in [-0.4, -0.2) is 34.9 Å². The average molecular weight is 388 g/mol. The van der Waals surface area contributed by atoms with E-state index in [4.69, 9.17) is 10.5 Å². The Morgan fingerprint density at radius 1 is 1.26 bits per heavy atom. The van der Waals surface area contributed by atoms with Crippen LogP contribution in [0, 0.1) is 5.82 Å². The van der Waals surface area contributed by atoms with Crippen LogP contribution in [0.25, 0.3) is 0 Å². The zero-order valence-corrected chi connectivity index (χ0v) is 13.6. The average Bonchev–Trinajstić information content (AvgIpc) is 2.63. The fraction of sp³-hybridized carbons (Fsp3) is 0.312. The Morgan fingerprint density at radius 2 is 1.96 bits per heavy atom. The van der Waals surface area contributed by atoms with Crippen molar-refractivity contribution in [3.63, 3.8) is 0 Å². The van der Waals surface area contributed by atoms with Gasteiger partial charge in [0, 0.05) is 24.4 Å². The van der Waals surface area contributed by atoms with Crippen molar-refractivity contribution >= 4 is 6.02 Å². The summed E-state index contributed by atoms with van der Waals surface area (Å²) in [4.78, 5) is 11.3. The quantitative estimate of drug-likeness (QED) is 0.814. The van der Waals surface area contributed by atoms with E-state index in [9.17, 15) is 22.0 Å². The molecule has 144 valence electrons. The number of hydrogen-bond acceptors (Lipinski definition) is 6. The fourth-order valence-electron chi connectivity index (χ4n) is 2.65. The molecule has 1 aliphatic heterocycles. The van der Waals surface area contributed by atoms with Crippen molar-refractivity contribution in [1.82, 2.24) is 9.97 Å². The van der Waals surface area contributed by atoms with Crippen molar-refractivity contribution in [3.8, 4) is 11.8 Å². The molecule has 2 atom stereocenters. The highest BCUT2D eigenvalue weighted by Gasteiger charge is 2.52. The lowest BCUT2D eigenvalue weighted by Crippen LogP contribution is -2.48. The van der Waals surface area contributed by atoms with Crippen LogP contribution >= 0.6 is 0 Å². The zero-order chi connectivity index (χ0) is 19.7. The molecule has 0 saturated heterocycles. The van der Waals surface area contributed by atoms with Gasteiger partial charge in [-0.15, -0.1) is 0 Å². The van der Waals surface area contributed by atoms with E-state index in [1.165, 1.54) is 24.5 Å². The van der Waals surface area contributed by atoms with Crippen molar-refractivity contribution in [3.05, 3.63) is 48.0 Å². The van der Waals surface area contributed by atoms with Gasteiger partial charge in [0.1, 0.15) is 23.8 Å². The number of alkyl halides is 4. The van der Waals surface area contributed by atoms with E-state index >= 15 is 0 Å². The molecule has 0 radical (unpaired) electrons. The number of amidine groups is 1. The number of nitrogens with zero attached hydrogens (tertiary/aromatic N) is 3. The number of hydrogen-bond donors (Lipinski definition) is 1. The Kier molecular flexibility index (Phi) is 4.85. The highest BCUT2D eigenvalue weighted by Crippen LogP contribution is 2.42. The third kappa shape index (κ3) is 3.91. The summed E-state index contributed by atoms with van der Waals surface area (Å²) < 4.78 is 77.3. The highest BCUT2D eigenvalue weighted by atomic mass is 19.4. The molecular formula is C16H13F5N4O2. The first-order chi connectivity index (χ1) is 12.7. The van der Waals surface area contributed by atoms with E-state index in [-0.39, 0.29) is 11.8 Å². The molecule has 0 aliphatic carbocycles. The van der Waals surface area contributed by atoms with Gasteiger partial charge in [-0.1, -0.05) is 0 Å². The molecule has 3 rings (SSSR count). The number of rotatable bonds is 4. The lowest BCUT2D eigenvalue weighted by atomic mass is 9.84. The minimum absolute atomic E-state index is 0.00533. The summed E-state index contributed by atoms with van der Waals surface area (Å²) >= 11 is 0. The van der Waals surface area contributed by atoms with Crippen LogP contribution in [0.4, 0.5) is 22.0 Å². The maximum absolute atomic E-state index is 14.4. The normalized spacial score (nSPS) is 22.7. The second kappa shape index (κ2) is 6.97. The molecule has 1 aromatic carbocycles. The fourth-order valence-corrected chi connectivity index (χ4v) is 2.65. The van der Waals surface area contributed by atoms with Gasteiger partial charge in [0.15, 0.2) is 6.10 Å². The summed E-state index contributed by atoms with van der Waals surface area (Å²) in [5.74, 6) is -0.970. The molecule has 0 fully saturated rings. The Morgan fingerprint density at radius 3 is 2.59 bits per heavy atom. The van der Waals surface area contributed by atoms with E-state index in [0.717, 1.165) is 12.1 Å². The number of nitrogens with two attached hydrogens (primary N) is 1. The molecule has 1 aromatic heterocycles. The summed E-state index contributed by atoms with van der Waals surface area (Å²) in [6, 6.07) is 3.76. The summed E-state index contributed by atoms with van der Waals surface area (Å²) in [7, 11) is 0. The first kappa shape index (κ1) is 18.8. The first-order valence-electron chi connectivity index (χ1n) is 7.63. The van der Waals surface area contributed by atoms with Gasteiger partial charge < -0.3 is 15.2 Å². The Hall–Kier alpha value is -2.98. The third-order valence-corrected chi connectivity index (χ3v) is 3.89. The molecule has 2 aromatic rings. The van der Waals surface area contributed by atoms with Gasteiger partial charge in [-0.05, 0) is 24.3 Å². The van der Waals surface area contributed by atoms with Crippen LogP contribution in [0.5, 0.6) is 11.8 Å². The monoisotopic (exact) mass is 388 g/mol. The van der Waals surface area contributed by atoms with Crippen LogP contribution < -0.4 is 10.5 Å². The van der Waals surface area contributed by atoms with E-state index in [0.29, 0.717) is 0 Å². The van der Waals surface area contributed by atoms with Gasteiger partial charge in [-0.3, -0.25) is 0 Å². The molecule has 2 heterocycles. The number of aliphatic imine (C=N–C) groups is 1. The zero-order valence-electron chi connectivity index (χ0n) is 13.6. The van der Waals surface area contributed by atoms with Crippen LogP contribution in [0.2, 0.25) is 0 Å². The smallest absolute Gasteiger partial charge is 0.425 e. The SMILES string of the molecule is NC1=N[C@](CF)(c2cc(Oc3ncccn3)ccc2F)C[C@@H](C(F)(F)F)O1. The van der Waals surface area contributed by atoms with Crippen LogP contribution in [0.1, 0.15) is 12.0 Å². The predicted octanol–water partition coefficient (Wildman–Crippen LogP) is 3.24. The molecule has 0 bridgehead atoms. The van der Waals surface area contributed by atoms with Crippen LogP contribution in [-0.2, 0) is 10.3 Å². The minimum atomic E-state index is -4.83. The van der Waals surface area contributed by atoms with Crippen molar-refractivity contribution in [2.75, 3.05) is 6.67 Å². The van der Waals surface area contributed by atoms with Crippen LogP contribution in [0.3, 0.4) is 0 Å². The maximum Gasteiger partial charge on any atom is 0.425 e. The van der Waals surface area contributed by atoms with E-state index in [1.54, 1.807) is 0 Å². The summed E-state index contributed by atoms with van der Waals surface area (Å²) in [5.41, 5.74) is 2.66. The van der Waals surface area contributed by atoms with Gasteiger partial charge in [0.05, 0.1) is 0 Å². The molecule has 0 unspecified atom stereocenters. The van der Waals surface area contributed by atoms with E-state index in [1.807, 2.05) is 0 Å². The van der Waals surface area contributed by atoms with Gasteiger partial charge in [-0.25, -0.2) is 23.7 Å². The highest BCUT2D eigenvalue weighted by molar-refractivity contribution is 5.73. The minimum Gasteiger partial charge on any atom is -0.452 e. The summed E-state index contributed by atoms with van der Waals surface area (Å²) in [5, 5.41) is 0. The number of ether oxygens (including phenoxy) is 2. The largest absolute Gasteiger partial charge is 0.452 e. The van der Waals surface area contributed by atoms with Gasteiger partial charge in [0.2, 0.25) is 0 Å². The van der Waals surface area contributed by atoms with E-state index < -0.39 is 48.3 Å². The second-order valence-corrected chi connectivity index (χ2v) is 5.74. The third-order valence-electron chi connectivity index (χ3n) is 3.89. The topological polar surface area (TPSA) is 82.6 Å². The standard InChI is InChI=1S/C16H13F5N4O2/c17-8-15(7-12(16(19,20)21)27-13(22)25-15)10-6-9(2-3-11(10)18)26-14-23-4-1-5-24-14/h1-6,12H,7-8H2,(H2,22,25)/t12-,15+/m0/s1. The van der Waals surface area contributed by atoms with Crippen molar-refractivity contribution in [1.29, 1.82) is 0 Å². The second-order valence-electron chi connectivity index (χ2n) is 5.74. The molecule has 0 spiro atoms. The molecule has 27 heavy (non-hydrogen) atoms. The van der Waals surface area contributed by atoms with Gasteiger partial charge >= 0.3 is 12.2 Å². The first-order valence-corrected chi connectivity index (χ1v) is 7.63. The van der Waals surface area contributed by atoms with Crippen molar-refractivity contribution in [2.45, 2.75) is 24.2 Å². The van der Waals surface area contributed by atoms with E-state index in [2.05, 4.69) is 19.7 Å². The van der Waals surface area contributed by atoms with Gasteiger partial charge in [0.25, 0.3) is 6.02 Å². The molecule has 0 saturated carbocycles. The summed E-state index contributed by atoms with van der Waals surface area (Å²) in [6.45, 7) is -1.42.